The average molecular weight is 433 g/mol. The van der Waals surface area contributed by atoms with Crippen LogP contribution in [-0.2, 0) is 17.8 Å². The van der Waals surface area contributed by atoms with Crippen molar-refractivity contribution in [3.63, 3.8) is 0 Å². The Labute approximate surface area is 183 Å². The van der Waals surface area contributed by atoms with E-state index in [0.717, 1.165) is 56.2 Å². The molecule has 0 aliphatic carbocycles. The Morgan fingerprint density at radius 1 is 0.967 bits per heavy atom. The third-order valence-electron chi connectivity index (χ3n) is 5.30. The van der Waals surface area contributed by atoms with Crippen molar-refractivity contribution < 1.29 is 28.4 Å². The molecular formula is C22H29ClN4O3. The van der Waals surface area contributed by atoms with Crippen molar-refractivity contribution in [2.75, 3.05) is 39.5 Å². The highest BCUT2D eigenvalue weighted by atomic mass is 35.5. The molecule has 8 heteroatoms. The van der Waals surface area contributed by atoms with Gasteiger partial charge in [0.1, 0.15) is 18.5 Å². The lowest BCUT2D eigenvalue weighted by atomic mass is 10.3. The second-order valence-corrected chi connectivity index (χ2v) is 7.31. The highest BCUT2D eigenvalue weighted by Crippen LogP contribution is 2.14. The van der Waals surface area contributed by atoms with E-state index in [9.17, 15) is 5.11 Å². The number of morpholine rings is 1. The molecule has 1 aliphatic rings. The van der Waals surface area contributed by atoms with Crippen LogP contribution in [0.15, 0.2) is 54.6 Å². The predicted molar refractivity (Wildman–Crippen MR) is 112 cm³/mol. The molecule has 0 radical (unpaired) electrons. The zero-order chi connectivity index (χ0) is 20.1. The van der Waals surface area contributed by atoms with Crippen molar-refractivity contribution in [3.8, 4) is 5.75 Å². The van der Waals surface area contributed by atoms with Crippen LogP contribution in [-0.4, -0.2) is 64.7 Å². The molecule has 1 saturated heterocycles. The summed E-state index contributed by atoms with van der Waals surface area (Å²) in [6.45, 7) is 5.53. The van der Waals surface area contributed by atoms with Gasteiger partial charge in [0.05, 0.1) is 30.8 Å². The normalized spacial score (nSPS) is 15.6. The van der Waals surface area contributed by atoms with Gasteiger partial charge in [0.15, 0.2) is 0 Å². The maximum Gasteiger partial charge on any atom is 1.00 e. The summed E-state index contributed by atoms with van der Waals surface area (Å²) in [7, 11) is 0. The maximum atomic E-state index is 10.5. The summed E-state index contributed by atoms with van der Waals surface area (Å²) in [5, 5.41) is 19.2. The lowest BCUT2D eigenvalue weighted by Crippen LogP contribution is -3.00. The number of aromatic nitrogens is 2. The summed E-state index contributed by atoms with van der Waals surface area (Å²) in [5.74, 6) is 0.732. The number of rotatable bonds is 8. The second kappa shape index (κ2) is 10.6. The summed E-state index contributed by atoms with van der Waals surface area (Å²) < 4.78 is 15.0. The van der Waals surface area contributed by atoms with E-state index in [1.54, 1.807) is 0 Å². The molecule has 7 nitrogen and oxygen atoms in total. The van der Waals surface area contributed by atoms with Gasteiger partial charge in [0.25, 0.3) is 0 Å². The lowest BCUT2D eigenvalue weighted by Gasteiger charge is -2.26. The van der Waals surface area contributed by atoms with Crippen molar-refractivity contribution in [1.29, 1.82) is 5.41 Å². The quantitative estimate of drug-likeness (QED) is 0.469. The van der Waals surface area contributed by atoms with Gasteiger partial charge < -0.3 is 36.1 Å². The second-order valence-electron chi connectivity index (χ2n) is 7.31. The molecule has 162 valence electrons. The van der Waals surface area contributed by atoms with E-state index in [1.807, 2.05) is 63.7 Å². The Morgan fingerprint density at radius 2 is 1.60 bits per heavy atom. The number of hydrogen-bond donors (Lipinski definition) is 2. The highest BCUT2D eigenvalue weighted by molar-refractivity contribution is 5.75. The highest BCUT2D eigenvalue weighted by Gasteiger charge is 2.16. The Kier molecular flexibility index (Phi) is 7.93. The molecular weight excluding hydrogens is 404 g/mol. The molecule has 4 rings (SSSR count). The first-order valence-corrected chi connectivity index (χ1v) is 10.1. The zero-order valence-electron chi connectivity index (χ0n) is 17.9. The van der Waals surface area contributed by atoms with Gasteiger partial charge in [0.2, 0.25) is 5.62 Å². The summed E-state index contributed by atoms with van der Waals surface area (Å²) in [5.41, 5.74) is 2.37. The van der Waals surface area contributed by atoms with Crippen molar-refractivity contribution >= 4 is 11.0 Å². The number of ether oxygens (including phenoxy) is 2. The fraction of sp³-hybridized carbons (Fsp3) is 0.409. The monoisotopic (exact) mass is 432 g/mol. The molecule has 0 bridgehead atoms. The molecule has 1 fully saturated rings. The minimum Gasteiger partial charge on any atom is -1.00 e. The van der Waals surface area contributed by atoms with Crippen LogP contribution in [0.4, 0.5) is 0 Å². The molecule has 0 spiro atoms. The number of imidazole rings is 1. The minimum atomic E-state index is -0.706. The van der Waals surface area contributed by atoms with E-state index >= 15 is 0 Å². The number of aliphatic hydroxyl groups is 1. The first-order chi connectivity index (χ1) is 14.2. The van der Waals surface area contributed by atoms with Crippen LogP contribution < -0.4 is 22.8 Å². The molecule has 2 heterocycles. The fourth-order valence-corrected chi connectivity index (χ4v) is 3.74. The van der Waals surface area contributed by atoms with Crippen LogP contribution in [0.1, 0.15) is 1.43 Å². The van der Waals surface area contributed by atoms with Crippen molar-refractivity contribution in [2.45, 2.75) is 19.2 Å². The molecule has 2 aromatic carbocycles. The molecule has 1 unspecified atom stereocenters. The van der Waals surface area contributed by atoms with Gasteiger partial charge in [-0.2, -0.15) is 0 Å². The van der Waals surface area contributed by atoms with Crippen LogP contribution >= 0.6 is 0 Å². The number of halogens is 1. The Bertz CT molecular complexity index is 989. The van der Waals surface area contributed by atoms with Crippen LogP contribution in [0.25, 0.3) is 11.0 Å². The topological polar surface area (TPSA) is 75.6 Å². The van der Waals surface area contributed by atoms with Crippen LogP contribution in [0, 0.1) is 5.41 Å². The number of aliphatic hydroxyl groups excluding tert-OH is 1. The number of benzene rings is 2. The van der Waals surface area contributed by atoms with E-state index in [1.165, 1.54) is 0 Å². The fourth-order valence-electron chi connectivity index (χ4n) is 3.74. The molecule has 1 aromatic heterocycles. The maximum absolute atomic E-state index is 10.5. The SMILES string of the molecule is N=c1n(CCN2CCOCC2)c2ccccc2n1CC(O)COc1ccccc1.[Cl-].[H+]. The van der Waals surface area contributed by atoms with Crippen LogP contribution in [0.2, 0.25) is 0 Å². The van der Waals surface area contributed by atoms with Gasteiger partial charge in [-0.25, -0.2) is 0 Å². The largest absolute Gasteiger partial charge is 1.00 e. The van der Waals surface area contributed by atoms with Gasteiger partial charge in [0, 0.05) is 26.2 Å². The molecule has 2 N–H and O–H groups in total. The first kappa shape index (κ1) is 22.4. The van der Waals surface area contributed by atoms with Gasteiger partial charge in [-0.3, -0.25) is 10.3 Å². The Morgan fingerprint density at radius 3 is 2.30 bits per heavy atom. The van der Waals surface area contributed by atoms with E-state index in [0.29, 0.717) is 12.2 Å². The third kappa shape index (κ3) is 5.23. The molecule has 1 atom stereocenters. The van der Waals surface area contributed by atoms with Crippen LogP contribution in [0.3, 0.4) is 0 Å². The number of fused-ring (bicyclic) bond motifs is 1. The predicted octanol–water partition coefficient (Wildman–Crippen LogP) is -1.19. The number of para-hydroxylation sites is 3. The summed E-state index contributed by atoms with van der Waals surface area (Å²) in [4.78, 5) is 2.37. The van der Waals surface area contributed by atoms with E-state index in [4.69, 9.17) is 14.9 Å². The third-order valence-corrected chi connectivity index (χ3v) is 5.30. The van der Waals surface area contributed by atoms with Gasteiger partial charge in [-0.15, -0.1) is 0 Å². The van der Waals surface area contributed by atoms with E-state index < -0.39 is 6.10 Å². The number of nitrogens with zero attached hydrogens (tertiary/aromatic N) is 3. The standard InChI is InChI=1S/C22H28N4O3.ClH/c23-22-25(11-10-24-12-14-28-15-13-24)20-8-4-5-9-21(20)26(22)16-18(27)17-29-19-6-2-1-3-7-19;/h1-9,18,23,27H,10-17H2;1H. The lowest BCUT2D eigenvalue weighted by molar-refractivity contribution is -0.00000970. The molecule has 1 aliphatic heterocycles. The molecule has 3 aromatic rings. The molecule has 30 heavy (non-hydrogen) atoms. The van der Waals surface area contributed by atoms with Crippen molar-refractivity contribution in [3.05, 3.63) is 60.2 Å². The van der Waals surface area contributed by atoms with Gasteiger partial charge in [-0.1, -0.05) is 30.3 Å². The van der Waals surface area contributed by atoms with Gasteiger partial charge >= 0.3 is 1.43 Å². The zero-order valence-corrected chi connectivity index (χ0v) is 17.7. The smallest absolute Gasteiger partial charge is 1.00 e. The molecule has 0 saturated carbocycles. The van der Waals surface area contributed by atoms with E-state index in [2.05, 4.69) is 4.90 Å². The van der Waals surface area contributed by atoms with Crippen LogP contribution in [0.5, 0.6) is 5.75 Å². The number of hydrogen-bond acceptors (Lipinski definition) is 5. The Balaban J connectivity index is 0.00000171. The summed E-state index contributed by atoms with van der Waals surface area (Å²) >= 11 is 0. The van der Waals surface area contributed by atoms with Crippen molar-refractivity contribution in [1.82, 2.24) is 14.0 Å². The van der Waals surface area contributed by atoms with Gasteiger partial charge in [-0.05, 0) is 24.3 Å². The summed E-state index contributed by atoms with van der Waals surface area (Å²) in [6, 6.07) is 17.5. The Hall–Kier alpha value is -2.32. The molecule has 0 amide bonds. The number of nitrogens with one attached hydrogen (secondary N) is 1. The van der Waals surface area contributed by atoms with Crippen molar-refractivity contribution in [2.24, 2.45) is 0 Å². The first-order valence-electron chi connectivity index (χ1n) is 10.1. The minimum absolute atomic E-state index is 0. The van der Waals surface area contributed by atoms with E-state index in [-0.39, 0.29) is 20.4 Å². The summed E-state index contributed by atoms with van der Waals surface area (Å²) in [6.07, 6.45) is -0.706. The average Bonchev–Trinajstić information content (AvgIpc) is 3.03.